The number of hydrogen-bond acceptors (Lipinski definition) is 3. The van der Waals surface area contributed by atoms with Crippen LogP contribution in [0, 0.1) is 12.8 Å². The summed E-state index contributed by atoms with van der Waals surface area (Å²) in [4.78, 5) is 11.8. The number of carbonyl (C=O) groups excluding carboxylic acids is 1. The molecule has 0 saturated carbocycles. The van der Waals surface area contributed by atoms with Crippen LogP contribution in [0.25, 0.3) is 0 Å². The monoisotopic (exact) mass is 238 g/mol. The van der Waals surface area contributed by atoms with Crippen molar-refractivity contribution in [2.45, 2.75) is 39.8 Å². The number of amides is 1. The Bertz CT molecular complexity index is 397. The lowest BCUT2D eigenvalue weighted by Gasteiger charge is -2.19. The zero-order valence-electron chi connectivity index (χ0n) is 11.2. The zero-order chi connectivity index (χ0) is 13.2. The van der Waals surface area contributed by atoms with E-state index in [-0.39, 0.29) is 17.9 Å². The number of aromatic nitrogens is 2. The minimum Gasteiger partial charge on any atom is -0.348 e. The molecule has 1 heterocycles. The van der Waals surface area contributed by atoms with Crippen molar-refractivity contribution in [2.24, 2.45) is 18.7 Å². The molecule has 2 atom stereocenters. The van der Waals surface area contributed by atoms with Crippen LogP contribution in [-0.4, -0.2) is 21.7 Å². The molecule has 0 bridgehead atoms. The third kappa shape index (κ3) is 3.06. The van der Waals surface area contributed by atoms with Gasteiger partial charge in [0.25, 0.3) is 0 Å². The van der Waals surface area contributed by atoms with Gasteiger partial charge < -0.3 is 11.1 Å². The molecule has 0 aliphatic carbocycles. The van der Waals surface area contributed by atoms with E-state index >= 15 is 0 Å². The standard InChI is InChI=1S/C12H22N4O/c1-7(2)11(13)12(17)15-8(3)10-6-14-16(5)9(10)4/h6-8,11H,13H2,1-5H3,(H,15,17)/t8?,11-/m1/s1. The van der Waals surface area contributed by atoms with Crippen LogP contribution >= 0.6 is 0 Å². The SMILES string of the molecule is Cc1c(C(C)NC(=O)[C@H](N)C(C)C)cnn1C. The summed E-state index contributed by atoms with van der Waals surface area (Å²) in [5.74, 6) is 0.0212. The summed E-state index contributed by atoms with van der Waals surface area (Å²) in [6, 6.07) is -0.532. The van der Waals surface area contributed by atoms with Crippen LogP contribution in [0.5, 0.6) is 0 Å². The Labute approximate surface area is 102 Å². The summed E-state index contributed by atoms with van der Waals surface area (Å²) < 4.78 is 1.79. The molecule has 3 N–H and O–H groups in total. The van der Waals surface area contributed by atoms with Crippen LogP contribution < -0.4 is 11.1 Å². The highest BCUT2D eigenvalue weighted by atomic mass is 16.2. The molecule has 17 heavy (non-hydrogen) atoms. The normalized spacial score (nSPS) is 14.8. The molecule has 0 aliphatic rings. The van der Waals surface area contributed by atoms with Gasteiger partial charge in [-0.15, -0.1) is 0 Å². The lowest BCUT2D eigenvalue weighted by Crippen LogP contribution is -2.44. The summed E-state index contributed by atoms with van der Waals surface area (Å²) >= 11 is 0. The fourth-order valence-corrected chi connectivity index (χ4v) is 1.63. The number of nitrogens with one attached hydrogen (secondary N) is 1. The van der Waals surface area contributed by atoms with Crippen LogP contribution in [0.2, 0.25) is 0 Å². The van der Waals surface area contributed by atoms with Gasteiger partial charge >= 0.3 is 0 Å². The highest BCUT2D eigenvalue weighted by Crippen LogP contribution is 2.16. The first kappa shape index (κ1) is 13.7. The van der Waals surface area contributed by atoms with Gasteiger partial charge in [-0.3, -0.25) is 9.48 Å². The summed E-state index contributed by atoms with van der Waals surface area (Å²) in [5.41, 5.74) is 7.87. The number of rotatable bonds is 4. The van der Waals surface area contributed by atoms with Crippen LogP contribution in [0.4, 0.5) is 0 Å². The largest absolute Gasteiger partial charge is 0.348 e. The van der Waals surface area contributed by atoms with Gasteiger partial charge in [-0.2, -0.15) is 5.10 Å². The van der Waals surface area contributed by atoms with Gasteiger partial charge in [0, 0.05) is 18.3 Å². The Morgan fingerprint density at radius 2 is 2.06 bits per heavy atom. The Balaban J connectivity index is 2.70. The van der Waals surface area contributed by atoms with Crippen molar-refractivity contribution in [2.75, 3.05) is 0 Å². The van der Waals surface area contributed by atoms with Crippen LogP contribution in [-0.2, 0) is 11.8 Å². The maximum Gasteiger partial charge on any atom is 0.237 e. The highest BCUT2D eigenvalue weighted by Gasteiger charge is 2.20. The molecule has 1 amide bonds. The average Bonchev–Trinajstić information content (AvgIpc) is 2.58. The second-order valence-corrected chi connectivity index (χ2v) is 4.81. The molecule has 1 unspecified atom stereocenters. The van der Waals surface area contributed by atoms with E-state index in [2.05, 4.69) is 10.4 Å². The Morgan fingerprint density at radius 3 is 2.47 bits per heavy atom. The Hall–Kier alpha value is -1.36. The number of carbonyl (C=O) groups is 1. The molecule has 1 aromatic heterocycles. The van der Waals surface area contributed by atoms with Crippen molar-refractivity contribution >= 4 is 5.91 Å². The number of nitrogens with zero attached hydrogens (tertiary/aromatic N) is 2. The van der Waals surface area contributed by atoms with Crippen LogP contribution in [0.3, 0.4) is 0 Å². The first-order chi connectivity index (χ1) is 7.84. The minimum atomic E-state index is -0.463. The van der Waals surface area contributed by atoms with Gasteiger partial charge in [-0.25, -0.2) is 0 Å². The van der Waals surface area contributed by atoms with Crippen molar-refractivity contribution < 1.29 is 4.79 Å². The molecule has 0 aliphatic heterocycles. The van der Waals surface area contributed by atoms with E-state index in [4.69, 9.17) is 5.73 Å². The zero-order valence-corrected chi connectivity index (χ0v) is 11.2. The topological polar surface area (TPSA) is 72.9 Å². The lowest BCUT2D eigenvalue weighted by molar-refractivity contribution is -0.123. The third-order valence-corrected chi connectivity index (χ3v) is 3.12. The van der Waals surface area contributed by atoms with Gasteiger partial charge in [0.1, 0.15) is 0 Å². The molecule has 0 aromatic carbocycles. The maximum atomic E-state index is 11.8. The first-order valence-electron chi connectivity index (χ1n) is 5.89. The van der Waals surface area contributed by atoms with Crippen molar-refractivity contribution in [1.82, 2.24) is 15.1 Å². The number of hydrogen-bond donors (Lipinski definition) is 2. The average molecular weight is 238 g/mol. The summed E-state index contributed by atoms with van der Waals surface area (Å²) in [6.45, 7) is 7.79. The summed E-state index contributed by atoms with van der Waals surface area (Å²) in [6.07, 6.45) is 1.78. The second kappa shape index (κ2) is 5.31. The fraction of sp³-hybridized carbons (Fsp3) is 0.667. The molecule has 1 rings (SSSR count). The van der Waals surface area contributed by atoms with E-state index in [1.165, 1.54) is 0 Å². The van der Waals surface area contributed by atoms with Gasteiger partial charge in [-0.1, -0.05) is 13.8 Å². The molecule has 96 valence electrons. The van der Waals surface area contributed by atoms with Gasteiger partial charge in [0.05, 0.1) is 18.3 Å². The number of nitrogens with two attached hydrogens (primary N) is 1. The van der Waals surface area contributed by atoms with Gasteiger partial charge in [-0.05, 0) is 19.8 Å². The highest BCUT2D eigenvalue weighted by molar-refractivity contribution is 5.82. The predicted octanol–water partition coefficient (Wildman–Crippen LogP) is 0.889. The second-order valence-electron chi connectivity index (χ2n) is 4.81. The molecule has 0 spiro atoms. The smallest absolute Gasteiger partial charge is 0.237 e. The van der Waals surface area contributed by atoms with Crippen molar-refractivity contribution in [1.29, 1.82) is 0 Å². The molecule has 0 saturated heterocycles. The Kier molecular flexibility index (Phi) is 4.28. The number of aryl methyl sites for hydroxylation is 1. The maximum absolute atomic E-state index is 11.8. The summed E-state index contributed by atoms with van der Waals surface area (Å²) in [5, 5.41) is 7.07. The molecule has 5 nitrogen and oxygen atoms in total. The lowest BCUT2D eigenvalue weighted by atomic mass is 10.0. The van der Waals surface area contributed by atoms with Gasteiger partial charge in [0.2, 0.25) is 5.91 Å². The van der Waals surface area contributed by atoms with E-state index in [0.717, 1.165) is 11.3 Å². The van der Waals surface area contributed by atoms with Crippen molar-refractivity contribution in [3.05, 3.63) is 17.5 Å². The molecule has 5 heteroatoms. The predicted molar refractivity (Wildman–Crippen MR) is 67.3 cm³/mol. The first-order valence-corrected chi connectivity index (χ1v) is 5.89. The van der Waals surface area contributed by atoms with E-state index < -0.39 is 6.04 Å². The van der Waals surface area contributed by atoms with E-state index in [1.54, 1.807) is 10.9 Å². The van der Waals surface area contributed by atoms with E-state index in [1.807, 2.05) is 34.7 Å². The fourth-order valence-electron chi connectivity index (χ4n) is 1.63. The van der Waals surface area contributed by atoms with E-state index in [9.17, 15) is 4.79 Å². The van der Waals surface area contributed by atoms with Crippen LogP contribution in [0.15, 0.2) is 6.20 Å². The van der Waals surface area contributed by atoms with Crippen molar-refractivity contribution in [3.8, 4) is 0 Å². The Morgan fingerprint density at radius 1 is 1.47 bits per heavy atom. The molecular weight excluding hydrogens is 216 g/mol. The molecule has 0 radical (unpaired) electrons. The van der Waals surface area contributed by atoms with E-state index in [0.29, 0.717) is 0 Å². The molecule has 1 aromatic rings. The third-order valence-electron chi connectivity index (χ3n) is 3.12. The van der Waals surface area contributed by atoms with Crippen molar-refractivity contribution in [3.63, 3.8) is 0 Å². The minimum absolute atomic E-state index is 0.0685. The molecule has 0 fully saturated rings. The molecular formula is C12H22N4O. The van der Waals surface area contributed by atoms with Gasteiger partial charge in [0.15, 0.2) is 0 Å². The van der Waals surface area contributed by atoms with Crippen LogP contribution in [0.1, 0.15) is 38.1 Å². The quantitative estimate of drug-likeness (QED) is 0.818. The summed E-state index contributed by atoms with van der Waals surface area (Å²) in [7, 11) is 1.88.